The monoisotopic (exact) mass is 323 g/mol. The second-order valence-corrected chi connectivity index (χ2v) is 6.18. The van der Waals surface area contributed by atoms with Gasteiger partial charge in [-0.05, 0) is 37.5 Å². The summed E-state index contributed by atoms with van der Waals surface area (Å²) in [6.45, 7) is 3.45. The van der Waals surface area contributed by atoms with Crippen LogP contribution in [0.1, 0.15) is 41.6 Å². The summed E-state index contributed by atoms with van der Waals surface area (Å²) in [5.41, 5.74) is 8.57. The highest BCUT2D eigenvalue weighted by Crippen LogP contribution is 2.22. The highest BCUT2D eigenvalue weighted by atomic mass is 16.2. The van der Waals surface area contributed by atoms with Crippen LogP contribution in [0.25, 0.3) is 11.3 Å². The van der Waals surface area contributed by atoms with Crippen molar-refractivity contribution in [2.24, 2.45) is 5.73 Å². The summed E-state index contributed by atoms with van der Waals surface area (Å²) in [6.07, 6.45) is 3.79. The minimum atomic E-state index is -0.342. The molecule has 124 valence electrons. The first-order chi connectivity index (χ1) is 11.6. The van der Waals surface area contributed by atoms with Crippen molar-refractivity contribution in [1.82, 2.24) is 9.88 Å². The van der Waals surface area contributed by atoms with Gasteiger partial charge in [0.05, 0.1) is 17.2 Å². The van der Waals surface area contributed by atoms with Gasteiger partial charge in [0.1, 0.15) is 0 Å². The fourth-order valence-corrected chi connectivity index (χ4v) is 2.90. The number of pyridine rings is 1. The Morgan fingerprint density at radius 1 is 1.08 bits per heavy atom. The van der Waals surface area contributed by atoms with Gasteiger partial charge in [0.25, 0.3) is 5.91 Å². The predicted octanol–water partition coefficient (Wildman–Crippen LogP) is 2.57. The first-order valence-electron chi connectivity index (χ1n) is 8.21. The molecule has 24 heavy (non-hydrogen) atoms. The van der Waals surface area contributed by atoms with Gasteiger partial charge in [-0.3, -0.25) is 14.6 Å². The second-order valence-electron chi connectivity index (χ2n) is 6.18. The third-order valence-electron chi connectivity index (χ3n) is 4.54. The summed E-state index contributed by atoms with van der Waals surface area (Å²) in [7, 11) is 0. The smallest absolute Gasteiger partial charge is 0.255 e. The van der Waals surface area contributed by atoms with Crippen molar-refractivity contribution >= 4 is 11.8 Å². The summed E-state index contributed by atoms with van der Waals surface area (Å²) in [5, 5.41) is 0. The molecule has 0 radical (unpaired) electrons. The van der Waals surface area contributed by atoms with Crippen molar-refractivity contribution in [2.45, 2.75) is 25.7 Å². The Kier molecular flexibility index (Phi) is 4.60. The highest BCUT2D eigenvalue weighted by Gasteiger charge is 2.19. The Hall–Kier alpha value is -2.69. The second kappa shape index (κ2) is 6.83. The number of hydrogen-bond acceptors (Lipinski definition) is 3. The van der Waals surface area contributed by atoms with E-state index in [4.69, 9.17) is 5.73 Å². The maximum absolute atomic E-state index is 12.3. The zero-order valence-corrected chi connectivity index (χ0v) is 13.7. The Morgan fingerprint density at radius 3 is 2.29 bits per heavy atom. The number of amides is 2. The molecule has 0 spiro atoms. The molecule has 0 saturated carbocycles. The van der Waals surface area contributed by atoms with E-state index in [1.165, 1.54) is 0 Å². The fraction of sp³-hybridized carbons (Fsp3) is 0.316. The van der Waals surface area contributed by atoms with E-state index in [0.29, 0.717) is 5.56 Å². The lowest BCUT2D eigenvalue weighted by Gasteiger charge is -2.15. The van der Waals surface area contributed by atoms with Crippen LogP contribution in [0.3, 0.4) is 0 Å². The van der Waals surface area contributed by atoms with E-state index in [1.54, 1.807) is 13.1 Å². The molecule has 0 bridgehead atoms. The van der Waals surface area contributed by atoms with Gasteiger partial charge in [0.2, 0.25) is 5.91 Å². The van der Waals surface area contributed by atoms with E-state index in [0.717, 1.165) is 42.8 Å². The summed E-state index contributed by atoms with van der Waals surface area (Å²) >= 11 is 0. The largest absolute Gasteiger partial charge is 0.369 e. The van der Waals surface area contributed by atoms with Crippen LogP contribution >= 0.6 is 0 Å². The number of nitrogens with zero attached hydrogens (tertiary/aromatic N) is 2. The Labute approximate surface area is 141 Å². The van der Waals surface area contributed by atoms with Gasteiger partial charge in [-0.15, -0.1) is 0 Å². The minimum Gasteiger partial charge on any atom is -0.369 e. The fourth-order valence-electron chi connectivity index (χ4n) is 2.90. The van der Waals surface area contributed by atoms with E-state index < -0.39 is 0 Å². The van der Waals surface area contributed by atoms with E-state index in [1.807, 2.05) is 41.3 Å². The number of rotatable bonds is 4. The summed E-state index contributed by atoms with van der Waals surface area (Å²) < 4.78 is 0. The van der Waals surface area contributed by atoms with E-state index >= 15 is 0 Å². The van der Waals surface area contributed by atoms with E-state index in [-0.39, 0.29) is 17.7 Å². The first-order valence-corrected chi connectivity index (χ1v) is 8.21. The number of benzene rings is 1. The lowest BCUT2D eigenvalue weighted by Crippen LogP contribution is -2.27. The topological polar surface area (TPSA) is 76.3 Å². The molecular weight excluding hydrogens is 302 g/mol. The quantitative estimate of drug-likeness (QED) is 0.939. The van der Waals surface area contributed by atoms with Gasteiger partial charge < -0.3 is 10.6 Å². The molecule has 1 saturated heterocycles. The molecule has 1 aromatic heterocycles. The van der Waals surface area contributed by atoms with Crippen LogP contribution < -0.4 is 5.73 Å². The average molecular weight is 323 g/mol. The van der Waals surface area contributed by atoms with Gasteiger partial charge in [0.15, 0.2) is 0 Å². The van der Waals surface area contributed by atoms with Crippen molar-refractivity contribution in [1.29, 1.82) is 0 Å². The molecule has 1 aliphatic heterocycles. The average Bonchev–Trinajstić information content (AvgIpc) is 3.15. The normalized spacial score (nSPS) is 15.3. The van der Waals surface area contributed by atoms with Crippen LogP contribution in [0.15, 0.2) is 42.6 Å². The molecule has 2 N–H and O–H groups in total. The number of primary amides is 1. The van der Waals surface area contributed by atoms with Gasteiger partial charge in [-0.2, -0.15) is 0 Å². The standard InChI is InChI=1S/C19H21N3O2/c1-13(18(20)23)14-4-6-15(7-5-14)17-9-8-16(12-21-17)19(24)22-10-2-3-11-22/h4-9,12-13H,2-3,10-11H2,1H3,(H2,20,23). The molecule has 3 rings (SSSR count). The summed E-state index contributed by atoms with van der Waals surface area (Å²) in [6, 6.07) is 11.3. The zero-order chi connectivity index (χ0) is 17.1. The molecule has 2 amide bonds. The predicted molar refractivity (Wildman–Crippen MR) is 92.4 cm³/mol. The molecule has 0 aliphatic carbocycles. The minimum absolute atomic E-state index is 0.0529. The van der Waals surface area contributed by atoms with Crippen LogP contribution in [0.5, 0.6) is 0 Å². The Morgan fingerprint density at radius 2 is 1.75 bits per heavy atom. The third kappa shape index (κ3) is 3.30. The van der Waals surface area contributed by atoms with Gasteiger partial charge in [-0.1, -0.05) is 24.3 Å². The molecule has 1 aliphatic rings. The number of nitrogens with two attached hydrogens (primary N) is 1. The highest BCUT2D eigenvalue weighted by molar-refractivity contribution is 5.94. The molecule has 2 heterocycles. The number of carbonyl (C=O) groups excluding carboxylic acids is 2. The van der Waals surface area contributed by atoms with Crippen molar-refractivity contribution in [3.05, 3.63) is 53.7 Å². The van der Waals surface area contributed by atoms with Crippen molar-refractivity contribution in [2.75, 3.05) is 13.1 Å². The Balaban J connectivity index is 1.75. The third-order valence-corrected chi connectivity index (χ3v) is 4.54. The zero-order valence-electron chi connectivity index (χ0n) is 13.7. The van der Waals surface area contributed by atoms with Crippen LogP contribution in [0, 0.1) is 0 Å². The van der Waals surface area contributed by atoms with Gasteiger partial charge in [0, 0.05) is 24.8 Å². The van der Waals surface area contributed by atoms with Crippen LogP contribution in [-0.4, -0.2) is 34.8 Å². The molecule has 1 aromatic carbocycles. The molecule has 1 unspecified atom stereocenters. The summed E-state index contributed by atoms with van der Waals surface area (Å²) in [4.78, 5) is 29.8. The first kappa shape index (κ1) is 16.2. The number of aromatic nitrogens is 1. The SMILES string of the molecule is CC(C(N)=O)c1ccc(-c2ccc(C(=O)N3CCCC3)cn2)cc1. The molecule has 5 heteroatoms. The molecule has 2 aromatic rings. The van der Waals surface area contributed by atoms with Crippen molar-refractivity contribution in [3.63, 3.8) is 0 Å². The molecular formula is C19H21N3O2. The number of likely N-dealkylation sites (tertiary alicyclic amines) is 1. The number of hydrogen-bond donors (Lipinski definition) is 1. The lowest BCUT2D eigenvalue weighted by molar-refractivity contribution is -0.119. The van der Waals surface area contributed by atoms with Crippen LogP contribution in [-0.2, 0) is 4.79 Å². The number of carbonyl (C=O) groups is 2. The van der Waals surface area contributed by atoms with E-state index in [9.17, 15) is 9.59 Å². The lowest BCUT2D eigenvalue weighted by atomic mass is 9.98. The van der Waals surface area contributed by atoms with E-state index in [2.05, 4.69) is 4.98 Å². The molecule has 1 fully saturated rings. The molecule has 5 nitrogen and oxygen atoms in total. The van der Waals surface area contributed by atoms with Gasteiger partial charge in [-0.25, -0.2) is 0 Å². The summed E-state index contributed by atoms with van der Waals surface area (Å²) in [5.74, 6) is -0.602. The Bertz CT molecular complexity index is 732. The van der Waals surface area contributed by atoms with Gasteiger partial charge >= 0.3 is 0 Å². The van der Waals surface area contributed by atoms with Crippen LogP contribution in [0.4, 0.5) is 0 Å². The van der Waals surface area contributed by atoms with Crippen molar-refractivity contribution in [3.8, 4) is 11.3 Å². The van der Waals surface area contributed by atoms with Crippen molar-refractivity contribution < 1.29 is 9.59 Å². The maximum Gasteiger partial charge on any atom is 0.255 e. The van der Waals surface area contributed by atoms with Crippen LogP contribution in [0.2, 0.25) is 0 Å². The molecule has 1 atom stereocenters. The maximum atomic E-state index is 12.3.